The minimum Gasteiger partial charge on any atom is -0.497 e. The number of rotatable bonds is 20. The monoisotopic (exact) mass is 1140 g/mol. The molecule has 2 heterocycles. The average molecular weight is 1140 g/mol. The van der Waals surface area contributed by atoms with Gasteiger partial charge in [0.1, 0.15) is 34.4 Å². The van der Waals surface area contributed by atoms with Crippen molar-refractivity contribution in [1.82, 2.24) is 8.47 Å². The predicted octanol–water partition coefficient (Wildman–Crippen LogP) is 14.5. The molecule has 6 aromatic rings. The van der Waals surface area contributed by atoms with Crippen LogP contribution in [-0.2, 0) is 9.47 Å². The lowest BCUT2D eigenvalue weighted by molar-refractivity contribution is 0.0584. The summed E-state index contributed by atoms with van der Waals surface area (Å²) in [5.41, 5.74) is 10.1. The van der Waals surface area contributed by atoms with Crippen molar-refractivity contribution in [2.75, 3.05) is 41.7 Å². The van der Waals surface area contributed by atoms with E-state index in [1.165, 1.54) is 14.2 Å². The van der Waals surface area contributed by atoms with Gasteiger partial charge in [-0.05, 0) is 134 Å². The Bertz CT molecular complexity index is 2730. The van der Waals surface area contributed by atoms with E-state index in [0.717, 1.165) is 55.1 Å². The van der Waals surface area contributed by atoms with E-state index >= 15 is 0 Å². The zero-order chi connectivity index (χ0) is 56.8. The Morgan fingerprint density at radius 1 is 0.487 bits per heavy atom. The summed E-state index contributed by atoms with van der Waals surface area (Å²) in [7, 11) is 0.341. The lowest BCUT2D eigenvalue weighted by Crippen LogP contribution is -2.52. The van der Waals surface area contributed by atoms with E-state index in [1.54, 1.807) is 38.5 Å². The van der Waals surface area contributed by atoms with Crippen molar-refractivity contribution < 1.29 is 48.1 Å². The number of nitrogens with zero attached hydrogens (tertiary/aromatic N) is 2. The highest BCUT2D eigenvalue weighted by molar-refractivity contribution is 9.10. The fraction of sp³-hybridized carbons (Fsp3) is 0.433. The molecule has 0 fully saturated rings. The summed E-state index contributed by atoms with van der Waals surface area (Å²) in [6.07, 6.45) is 4.33. The van der Waals surface area contributed by atoms with Crippen LogP contribution in [0.4, 0.5) is 0 Å². The minimum absolute atomic E-state index is 0.293. The molecular formula is C60H84BBrN2O10Si2. The third kappa shape index (κ3) is 13.4. The zero-order valence-electron chi connectivity index (χ0n) is 48.3. The maximum atomic E-state index is 13.6. The molecule has 2 aromatic heterocycles. The predicted molar refractivity (Wildman–Crippen MR) is 320 cm³/mol. The fourth-order valence-electron chi connectivity index (χ4n) is 12.0. The molecule has 0 unspecified atom stereocenters. The van der Waals surface area contributed by atoms with Gasteiger partial charge in [-0.25, -0.2) is 9.59 Å². The molecule has 0 radical (unpaired) electrons. The SMILES string of the molecule is CCOc1ccc(-c2c(-c3ccc(OC)cc3)cn([Si](C(C)C)(C(C)C)C(C)C)c2C(=O)OC)cc1.CCOc1ccc(-c2c(Br)cn([Si](C(C)C)(C(C)C)C(C)C)c2C(=O)OC)cc1.COc1ccc(B(O)O)cc1. The second kappa shape index (κ2) is 28.2. The maximum Gasteiger partial charge on any atom is 0.488 e. The average Bonchev–Trinajstić information content (AvgIpc) is 3.95. The van der Waals surface area contributed by atoms with Gasteiger partial charge in [0, 0.05) is 33.6 Å². The van der Waals surface area contributed by atoms with E-state index in [-0.39, 0.29) is 11.9 Å². The van der Waals surface area contributed by atoms with Crippen molar-refractivity contribution in [3.05, 3.63) is 125 Å². The van der Waals surface area contributed by atoms with Crippen LogP contribution in [0.2, 0.25) is 33.2 Å². The van der Waals surface area contributed by atoms with Crippen LogP contribution in [0.5, 0.6) is 23.0 Å². The molecule has 0 saturated heterocycles. The van der Waals surface area contributed by atoms with Crippen LogP contribution in [0, 0.1) is 0 Å². The van der Waals surface area contributed by atoms with Gasteiger partial charge in [-0.1, -0.05) is 132 Å². The molecule has 0 aliphatic carbocycles. The molecule has 0 aliphatic heterocycles. The highest BCUT2D eigenvalue weighted by Gasteiger charge is 2.49. The summed E-state index contributed by atoms with van der Waals surface area (Å²) in [5, 5.41) is 17.4. The summed E-state index contributed by atoms with van der Waals surface area (Å²) in [6, 6.07) is 30.5. The van der Waals surface area contributed by atoms with Gasteiger partial charge in [0.25, 0.3) is 0 Å². The van der Waals surface area contributed by atoms with Gasteiger partial charge in [-0.2, -0.15) is 0 Å². The van der Waals surface area contributed by atoms with Crippen molar-refractivity contribution in [2.24, 2.45) is 0 Å². The second-order valence-electron chi connectivity index (χ2n) is 20.7. The van der Waals surface area contributed by atoms with E-state index in [2.05, 4.69) is 132 Å². The van der Waals surface area contributed by atoms with Crippen LogP contribution in [0.3, 0.4) is 0 Å². The van der Waals surface area contributed by atoms with E-state index in [1.807, 2.05) is 74.5 Å². The molecule has 0 bridgehead atoms. The van der Waals surface area contributed by atoms with Gasteiger partial charge in [-0.15, -0.1) is 0 Å². The molecule has 6 rings (SSSR count). The van der Waals surface area contributed by atoms with Crippen LogP contribution >= 0.6 is 15.9 Å². The number of ether oxygens (including phenoxy) is 6. The Balaban J connectivity index is 0.000000278. The summed E-state index contributed by atoms with van der Waals surface area (Å²) in [6.45, 7) is 32.7. The molecule has 0 saturated carbocycles. The number of carbonyl (C=O) groups is 2. The Hall–Kier alpha value is -5.52. The molecule has 0 spiro atoms. The second-order valence-corrected chi connectivity index (χ2v) is 33.0. The fourth-order valence-corrected chi connectivity index (χ4v) is 26.0. The molecule has 412 valence electrons. The number of esters is 2. The number of aromatic nitrogens is 2. The lowest BCUT2D eigenvalue weighted by Gasteiger charge is -2.44. The summed E-state index contributed by atoms with van der Waals surface area (Å²) in [5.74, 6) is 2.53. The van der Waals surface area contributed by atoms with Gasteiger partial charge < -0.3 is 46.9 Å². The van der Waals surface area contributed by atoms with Gasteiger partial charge in [-0.3, -0.25) is 0 Å². The molecule has 12 nitrogen and oxygen atoms in total. The molecule has 0 aliphatic rings. The number of carbonyl (C=O) groups excluding carboxylic acids is 2. The Morgan fingerprint density at radius 2 is 0.803 bits per heavy atom. The first-order valence-corrected chi connectivity index (χ1v) is 31.6. The standard InChI is InChI=1S/C30H41NO4Si.C23H34BrNO3Si.C7H9BO3/c1-10-35-26-17-13-24(14-18-26)28-27(23-11-15-25(33-8)16-12-23)19-31(29(28)30(32)34-9)36(20(2)3,21(4)5)22(6)7;1-9-28-19-12-10-18(11-13-19)21-20(24)14-25(22(21)23(26)27-8)29(15(2)3,16(4)5)17(6)7;1-11-7-4-2-6(3-5-7)8(9)10/h11-22H,10H2,1-9H3;10-17H,9H2,1-8H3;2-5,9-10H,1H3. The third-order valence-corrected chi connectivity index (χ3v) is 28.9. The summed E-state index contributed by atoms with van der Waals surface area (Å²) >= 11 is 3.75. The summed E-state index contributed by atoms with van der Waals surface area (Å²) < 4.78 is 37.8. The molecule has 0 amide bonds. The Kier molecular flexibility index (Phi) is 23.4. The molecule has 16 heteroatoms. The number of methoxy groups -OCH3 is 4. The van der Waals surface area contributed by atoms with Gasteiger partial charge in [0.2, 0.25) is 0 Å². The largest absolute Gasteiger partial charge is 0.497 e. The highest BCUT2D eigenvalue weighted by Crippen LogP contribution is 2.49. The minimum atomic E-state index is -2.28. The van der Waals surface area contributed by atoms with Crippen LogP contribution in [0.15, 0.2) is 114 Å². The van der Waals surface area contributed by atoms with Crippen molar-refractivity contribution >= 4 is 56.9 Å². The van der Waals surface area contributed by atoms with Crippen LogP contribution in [0.1, 0.15) is 118 Å². The third-order valence-electron chi connectivity index (χ3n) is 14.8. The number of halogens is 1. The molecule has 76 heavy (non-hydrogen) atoms. The Labute approximate surface area is 464 Å². The number of hydrogen-bond acceptors (Lipinski definition) is 10. The molecular weight excluding hydrogens is 1060 g/mol. The van der Waals surface area contributed by atoms with Gasteiger partial charge in [0.05, 0.1) is 41.7 Å². The highest BCUT2D eigenvalue weighted by atomic mass is 79.9. The van der Waals surface area contributed by atoms with Crippen LogP contribution in [0.25, 0.3) is 33.4 Å². The van der Waals surface area contributed by atoms with Crippen LogP contribution in [-0.4, -0.2) is 95.7 Å². The van der Waals surface area contributed by atoms with Gasteiger partial charge >= 0.3 is 19.1 Å². The Morgan fingerprint density at radius 3 is 1.13 bits per heavy atom. The van der Waals surface area contributed by atoms with Crippen molar-refractivity contribution in [3.8, 4) is 56.4 Å². The molecule has 0 atom stereocenters. The maximum absolute atomic E-state index is 13.6. The van der Waals surface area contributed by atoms with Crippen LogP contribution < -0.4 is 24.4 Å². The van der Waals surface area contributed by atoms with Gasteiger partial charge in [0.15, 0.2) is 16.5 Å². The number of hydrogen-bond donors (Lipinski definition) is 2. The quantitative estimate of drug-likeness (QED) is 0.0561. The van der Waals surface area contributed by atoms with Crippen molar-refractivity contribution in [1.29, 1.82) is 0 Å². The normalized spacial score (nSPS) is 11.6. The topological polar surface area (TPSA) is 140 Å². The lowest BCUT2D eigenvalue weighted by atomic mass is 9.80. The molecule has 2 N–H and O–H groups in total. The van der Waals surface area contributed by atoms with E-state index in [4.69, 9.17) is 38.5 Å². The summed E-state index contributed by atoms with van der Waals surface area (Å²) in [4.78, 5) is 26.7. The van der Waals surface area contributed by atoms with Crippen molar-refractivity contribution in [2.45, 2.75) is 130 Å². The van der Waals surface area contributed by atoms with E-state index in [0.29, 0.717) is 69.1 Å². The first-order valence-electron chi connectivity index (χ1n) is 26.4. The smallest absolute Gasteiger partial charge is 0.488 e. The van der Waals surface area contributed by atoms with E-state index in [9.17, 15) is 9.59 Å². The number of benzene rings is 4. The molecule has 4 aromatic carbocycles. The van der Waals surface area contributed by atoms with E-state index < -0.39 is 23.6 Å². The first-order chi connectivity index (χ1) is 36.0. The zero-order valence-corrected chi connectivity index (χ0v) is 51.9. The first kappa shape index (κ1) is 63.0. The van der Waals surface area contributed by atoms with Crippen molar-refractivity contribution in [3.63, 3.8) is 0 Å².